The number of halogens is 1. The van der Waals surface area contributed by atoms with Gasteiger partial charge in [-0.2, -0.15) is 0 Å². The zero-order valence-electron chi connectivity index (χ0n) is 13.2. The maximum absolute atomic E-state index is 11.8. The number of hydrogen-bond donors (Lipinski definition) is 1. The van der Waals surface area contributed by atoms with Gasteiger partial charge in [-0.1, -0.05) is 36.7 Å². The van der Waals surface area contributed by atoms with E-state index >= 15 is 0 Å². The van der Waals surface area contributed by atoms with E-state index in [1.54, 1.807) is 12.2 Å². The predicted octanol–water partition coefficient (Wildman–Crippen LogP) is 3.59. The first kappa shape index (κ1) is 17.0. The lowest BCUT2D eigenvalue weighted by Crippen LogP contribution is -2.35. The van der Waals surface area contributed by atoms with Crippen molar-refractivity contribution in [2.45, 2.75) is 26.2 Å². The molecule has 3 nitrogen and oxygen atoms in total. The summed E-state index contributed by atoms with van der Waals surface area (Å²) < 4.78 is 0. The van der Waals surface area contributed by atoms with Gasteiger partial charge in [0.15, 0.2) is 0 Å². The molecule has 0 unspecified atom stereocenters. The fraction of sp³-hybridized carbons (Fsp3) is 0.500. The van der Waals surface area contributed by atoms with Gasteiger partial charge in [0.1, 0.15) is 0 Å². The second-order valence-electron chi connectivity index (χ2n) is 6.02. The molecule has 1 aromatic carbocycles. The van der Waals surface area contributed by atoms with Crippen molar-refractivity contribution in [3.05, 3.63) is 40.9 Å². The molecule has 1 aliphatic heterocycles. The van der Waals surface area contributed by atoms with Crippen molar-refractivity contribution < 1.29 is 4.79 Å². The fourth-order valence-electron chi connectivity index (χ4n) is 2.63. The van der Waals surface area contributed by atoms with Crippen LogP contribution in [0.3, 0.4) is 0 Å². The van der Waals surface area contributed by atoms with Crippen LogP contribution in [0.1, 0.15) is 31.7 Å². The summed E-state index contributed by atoms with van der Waals surface area (Å²) in [4.78, 5) is 14.3. The SMILES string of the molecule is CC1CCN(CCCNC(=O)/C=C/c2ccccc2Cl)CC1. The molecule has 0 atom stereocenters. The molecule has 0 spiro atoms. The summed E-state index contributed by atoms with van der Waals surface area (Å²) in [5.74, 6) is 0.804. The molecule has 1 aromatic rings. The third kappa shape index (κ3) is 5.82. The number of amides is 1. The van der Waals surface area contributed by atoms with E-state index in [1.807, 2.05) is 24.3 Å². The Morgan fingerprint density at radius 1 is 1.36 bits per heavy atom. The van der Waals surface area contributed by atoms with Crippen molar-refractivity contribution >= 4 is 23.6 Å². The van der Waals surface area contributed by atoms with Crippen LogP contribution in [0.2, 0.25) is 5.02 Å². The molecule has 0 aromatic heterocycles. The van der Waals surface area contributed by atoms with Crippen molar-refractivity contribution in [1.82, 2.24) is 10.2 Å². The Kier molecular flexibility index (Phi) is 6.94. The second kappa shape index (κ2) is 8.96. The van der Waals surface area contributed by atoms with Gasteiger partial charge in [0.25, 0.3) is 0 Å². The molecule has 120 valence electrons. The third-order valence-corrected chi connectivity index (χ3v) is 4.49. The number of likely N-dealkylation sites (tertiary alicyclic amines) is 1. The van der Waals surface area contributed by atoms with E-state index < -0.39 is 0 Å². The zero-order chi connectivity index (χ0) is 15.8. The van der Waals surface area contributed by atoms with Crippen molar-refractivity contribution in [3.63, 3.8) is 0 Å². The van der Waals surface area contributed by atoms with Crippen LogP contribution in [0.4, 0.5) is 0 Å². The molecule has 0 saturated carbocycles. The third-order valence-electron chi connectivity index (χ3n) is 4.15. The van der Waals surface area contributed by atoms with E-state index in [4.69, 9.17) is 11.6 Å². The van der Waals surface area contributed by atoms with Crippen LogP contribution in [0.15, 0.2) is 30.3 Å². The largest absolute Gasteiger partial charge is 0.353 e. The van der Waals surface area contributed by atoms with E-state index in [-0.39, 0.29) is 5.91 Å². The molecule has 0 radical (unpaired) electrons. The smallest absolute Gasteiger partial charge is 0.244 e. The molecule has 0 bridgehead atoms. The average Bonchev–Trinajstić information content (AvgIpc) is 2.52. The molecule has 1 N–H and O–H groups in total. The lowest BCUT2D eigenvalue weighted by Gasteiger charge is -2.30. The molecule has 1 amide bonds. The quantitative estimate of drug-likeness (QED) is 0.641. The molecule has 4 heteroatoms. The lowest BCUT2D eigenvalue weighted by molar-refractivity contribution is -0.116. The Morgan fingerprint density at radius 2 is 2.09 bits per heavy atom. The molecular weight excluding hydrogens is 296 g/mol. The highest BCUT2D eigenvalue weighted by Gasteiger charge is 2.14. The molecule has 0 aliphatic carbocycles. The molecular formula is C18H25ClN2O. The van der Waals surface area contributed by atoms with E-state index in [9.17, 15) is 4.79 Å². The Bertz CT molecular complexity index is 508. The van der Waals surface area contributed by atoms with Crippen molar-refractivity contribution in [2.75, 3.05) is 26.2 Å². The number of piperidine rings is 1. The molecule has 1 aliphatic rings. The monoisotopic (exact) mass is 320 g/mol. The summed E-state index contributed by atoms with van der Waals surface area (Å²) in [6, 6.07) is 7.49. The van der Waals surface area contributed by atoms with Crippen molar-refractivity contribution in [1.29, 1.82) is 0 Å². The topological polar surface area (TPSA) is 32.3 Å². The molecule has 1 heterocycles. The highest BCUT2D eigenvalue weighted by molar-refractivity contribution is 6.32. The van der Waals surface area contributed by atoms with Gasteiger partial charge in [-0.3, -0.25) is 4.79 Å². The molecule has 22 heavy (non-hydrogen) atoms. The number of nitrogens with one attached hydrogen (secondary N) is 1. The van der Waals surface area contributed by atoms with Gasteiger partial charge < -0.3 is 10.2 Å². The number of benzene rings is 1. The van der Waals surface area contributed by atoms with Crippen LogP contribution < -0.4 is 5.32 Å². The minimum absolute atomic E-state index is 0.0628. The fourth-order valence-corrected chi connectivity index (χ4v) is 2.83. The van der Waals surface area contributed by atoms with E-state index in [0.29, 0.717) is 5.02 Å². The minimum atomic E-state index is -0.0628. The first-order valence-corrected chi connectivity index (χ1v) is 8.46. The number of nitrogens with zero attached hydrogens (tertiary/aromatic N) is 1. The Hall–Kier alpha value is -1.32. The Labute approximate surface area is 138 Å². The maximum atomic E-state index is 11.8. The minimum Gasteiger partial charge on any atom is -0.353 e. The summed E-state index contributed by atoms with van der Waals surface area (Å²) >= 11 is 6.04. The van der Waals surface area contributed by atoms with Gasteiger partial charge in [0.05, 0.1) is 0 Å². The van der Waals surface area contributed by atoms with Crippen molar-refractivity contribution in [3.8, 4) is 0 Å². The summed E-state index contributed by atoms with van der Waals surface area (Å²) in [7, 11) is 0. The van der Waals surface area contributed by atoms with Gasteiger partial charge in [0.2, 0.25) is 5.91 Å². The van der Waals surface area contributed by atoms with Gasteiger partial charge in [-0.15, -0.1) is 0 Å². The number of carbonyl (C=O) groups excluding carboxylic acids is 1. The predicted molar refractivity (Wildman–Crippen MR) is 93.0 cm³/mol. The zero-order valence-corrected chi connectivity index (χ0v) is 14.0. The number of hydrogen-bond acceptors (Lipinski definition) is 2. The van der Waals surface area contributed by atoms with Gasteiger partial charge in [-0.25, -0.2) is 0 Å². The van der Waals surface area contributed by atoms with Gasteiger partial charge in [-0.05, 0) is 62.5 Å². The van der Waals surface area contributed by atoms with E-state index in [1.165, 1.54) is 25.9 Å². The Morgan fingerprint density at radius 3 is 2.82 bits per heavy atom. The van der Waals surface area contributed by atoms with Crippen LogP contribution in [-0.4, -0.2) is 37.0 Å². The number of carbonyl (C=O) groups is 1. The first-order chi connectivity index (χ1) is 10.6. The summed E-state index contributed by atoms with van der Waals surface area (Å²) in [6.45, 7) is 6.50. The van der Waals surface area contributed by atoms with Crippen LogP contribution in [0.25, 0.3) is 6.08 Å². The van der Waals surface area contributed by atoms with Crippen LogP contribution in [0.5, 0.6) is 0 Å². The summed E-state index contributed by atoms with van der Waals surface area (Å²) in [6.07, 6.45) is 6.90. The summed E-state index contributed by atoms with van der Waals surface area (Å²) in [5.41, 5.74) is 0.863. The van der Waals surface area contributed by atoms with Crippen molar-refractivity contribution in [2.24, 2.45) is 5.92 Å². The molecule has 1 fully saturated rings. The first-order valence-electron chi connectivity index (χ1n) is 8.08. The highest BCUT2D eigenvalue weighted by atomic mass is 35.5. The standard InChI is InChI=1S/C18H25ClN2O/c1-15-9-13-21(14-10-15)12-4-11-20-18(22)8-7-16-5-2-3-6-17(16)19/h2-3,5-8,15H,4,9-14H2,1H3,(H,20,22)/b8-7+. The molecule has 2 rings (SSSR count). The maximum Gasteiger partial charge on any atom is 0.244 e. The van der Waals surface area contributed by atoms with Crippen LogP contribution in [0, 0.1) is 5.92 Å². The normalized spacial score (nSPS) is 17.0. The number of rotatable bonds is 6. The van der Waals surface area contributed by atoms with E-state index in [2.05, 4.69) is 17.1 Å². The second-order valence-corrected chi connectivity index (χ2v) is 6.43. The summed E-state index contributed by atoms with van der Waals surface area (Å²) in [5, 5.41) is 3.58. The Balaban J connectivity index is 1.63. The molecule has 1 saturated heterocycles. The van der Waals surface area contributed by atoms with Crippen LogP contribution >= 0.6 is 11.6 Å². The highest BCUT2D eigenvalue weighted by Crippen LogP contribution is 2.16. The lowest BCUT2D eigenvalue weighted by atomic mass is 9.99. The van der Waals surface area contributed by atoms with Gasteiger partial charge >= 0.3 is 0 Å². The van der Waals surface area contributed by atoms with Gasteiger partial charge in [0, 0.05) is 17.6 Å². The average molecular weight is 321 g/mol. The van der Waals surface area contributed by atoms with Crippen LogP contribution in [-0.2, 0) is 4.79 Å². The van der Waals surface area contributed by atoms with E-state index in [0.717, 1.165) is 31.0 Å².